The van der Waals surface area contributed by atoms with Crippen molar-refractivity contribution in [1.29, 1.82) is 0 Å². The zero-order valence-corrected chi connectivity index (χ0v) is 10.0. The zero-order valence-electron chi connectivity index (χ0n) is 10.0. The van der Waals surface area contributed by atoms with Crippen molar-refractivity contribution in [2.75, 3.05) is 18.2 Å². The molecule has 0 heterocycles. The van der Waals surface area contributed by atoms with Gasteiger partial charge in [0.05, 0.1) is 18.5 Å². The fourth-order valence-electron chi connectivity index (χ4n) is 2.23. The summed E-state index contributed by atoms with van der Waals surface area (Å²) in [6, 6.07) is 5.76. The topological polar surface area (TPSA) is 47.3 Å². The highest BCUT2D eigenvalue weighted by Gasteiger charge is 2.35. The fraction of sp³-hybridized carbons (Fsp3) is 0.538. The summed E-state index contributed by atoms with van der Waals surface area (Å²) in [6.45, 7) is 2.22. The summed E-state index contributed by atoms with van der Waals surface area (Å²) < 4.78 is 5.21. The van der Waals surface area contributed by atoms with E-state index in [-0.39, 0.29) is 5.54 Å². The Bertz CT molecular complexity index is 367. The van der Waals surface area contributed by atoms with Crippen LogP contribution in [-0.2, 0) is 0 Å². The Kier molecular flexibility index (Phi) is 2.95. The number of hydrogen-bond acceptors (Lipinski definition) is 3. The molecule has 0 aliphatic heterocycles. The summed E-state index contributed by atoms with van der Waals surface area (Å²) in [6.07, 6.45) is 4.93. The molecule has 0 aromatic heterocycles. The fourth-order valence-corrected chi connectivity index (χ4v) is 2.23. The van der Waals surface area contributed by atoms with Crippen molar-refractivity contribution in [2.24, 2.45) is 0 Å². The highest BCUT2D eigenvalue weighted by atomic mass is 16.5. The molecule has 0 amide bonds. The minimum absolute atomic E-state index is 0.264. The van der Waals surface area contributed by atoms with Crippen LogP contribution in [0.2, 0.25) is 0 Å². The summed E-state index contributed by atoms with van der Waals surface area (Å²) in [4.78, 5) is 0. The molecule has 1 aliphatic rings. The minimum atomic E-state index is 0.264. The van der Waals surface area contributed by atoms with Crippen LogP contribution in [0.15, 0.2) is 18.2 Å². The zero-order chi connectivity index (χ0) is 11.6. The van der Waals surface area contributed by atoms with Crippen molar-refractivity contribution in [2.45, 2.75) is 38.1 Å². The largest absolute Gasteiger partial charge is 0.497 e. The summed E-state index contributed by atoms with van der Waals surface area (Å²) in [5.74, 6) is 0.849. The van der Waals surface area contributed by atoms with Gasteiger partial charge >= 0.3 is 0 Å². The average Bonchev–Trinajstić information content (AvgIpc) is 2.26. The van der Waals surface area contributed by atoms with Crippen molar-refractivity contribution in [3.63, 3.8) is 0 Å². The summed E-state index contributed by atoms with van der Waals surface area (Å²) in [7, 11) is 1.67. The summed E-state index contributed by atoms with van der Waals surface area (Å²) in [5, 5.41) is 3.58. The Labute approximate surface area is 97.0 Å². The Hall–Kier alpha value is -1.38. The van der Waals surface area contributed by atoms with Crippen LogP contribution in [0.5, 0.6) is 5.75 Å². The standard InChI is InChI=1S/C13H20N2O/c1-3-13(7-4-8-13)15-12-9-10(16-2)5-6-11(12)14/h5-6,9,15H,3-4,7-8,14H2,1-2H3. The second kappa shape index (κ2) is 4.24. The van der Waals surface area contributed by atoms with Gasteiger partial charge in [-0.1, -0.05) is 6.92 Å². The quantitative estimate of drug-likeness (QED) is 0.767. The molecule has 1 saturated carbocycles. The van der Waals surface area contributed by atoms with E-state index in [9.17, 15) is 0 Å². The molecule has 88 valence electrons. The number of nitrogens with two attached hydrogens (primary N) is 1. The first-order chi connectivity index (χ1) is 7.69. The number of anilines is 2. The van der Waals surface area contributed by atoms with Crippen molar-refractivity contribution in [3.8, 4) is 5.75 Å². The lowest BCUT2D eigenvalue weighted by Gasteiger charge is -2.43. The number of methoxy groups -OCH3 is 1. The molecule has 0 bridgehead atoms. The predicted octanol–water partition coefficient (Wildman–Crippen LogP) is 3.02. The molecule has 2 rings (SSSR count). The maximum absolute atomic E-state index is 5.97. The van der Waals surface area contributed by atoms with Crippen molar-refractivity contribution >= 4 is 11.4 Å². The lowest BCUT2D eigenvalue weighted by Crippen LogP contribution is -2.44. The van der Waals surface area contributed by atoms with E-state index in [1.807, 2.05) is 18.2 Å². The van der Waals surface area contributed by atoms with Crippen LogP contribution in [0.3, 0.4) is 0 Å². The highest BCUT2D eigenvalue weighted by molar-refractivity contribution is 5.69. The molecule has 3 N–H and O–H groups in total. The number of benzene rings is 1. The van der Waals surface area contributed by atoms with E-state index in [1.165, 1.54) is 19.3 Å². The monoisotopic (exact) mass is 220 g/mol. The third-order valence-corrected chi connectivity index (χ3v) is 3.65. The molecule has 0 spiro atoms. The number of rotatable bonds is 4. The van der Waals surface area contributed by atoms with Gasteiger partial charge in [0, 0.05) is 11.6 Å². The van der Waals surface area contributed by atoms with Crippen LogP contribution in [0.4, 0.5) is 11.4 Å². The van der Waals surface area contributed by atoms with Gasteiger partial charge in [-0.15, -0.1) is 0 Å². The van der Waals surface area contributed by atoms with Gasteiger partial charge < -0.3 is 15.8 Å². The van der Waals surface area contributed by atoms with Gasteiger partial charge in [-0.05, 0) is 37.8 Å². The summed E-state index contributed by atoms with van der Waals surface area (Å²) >= 11 is 0. The van der Waals surface area contributed by atoms with Crippen molar-refractivity contribution in [3.05, 3.63) is 18.2 Å². The molecule has 0 atom stereocenters. The minimum Gasteiger partial charge on any atom is -0.497 e. The van der Waals surface area contributed by atoms with Gasteiger partial charge in [0.15, 0.2) is 0 Å². The lowest BCUT2D eigenvalue weighted by molar-refractivity contribution is 0.269. The molecule has 3 heteroatoms. The molecule has 0 radical (unpaired) electrons. The molecule has 1 aliphatic carbocycles. The van der Waals surface area contributed by atoms with Crippen LogP contribution in [0.25, 0.3) is 0 Å². The SMILES string of the molecule is CCC1(Nc2cc(OC)ccc2N)CCC1. The maximum Gasteiger partial charge on any atom is 0.121 e. The van der Waals surface area contributed by atoms with Crippen LogP contribution >= 0.6 is 0 Å². The number of ether oxygens (including phenoxy) is 1. The first kappa shape index (κ1) is 11.1. The van der Waals surface area contributed by atoms with Gasteiger partial charge in [0.25, 0.3) is 0 Å². The summed E-state index contributed by atoms with van der Waals surface area (Å²) in [5.41, 5.74) is 8.02. The third kappa shape index (κ3) is 1.94. The molecule has 1 fully saturated rings. The van der Waals surface area contributed by atoms with E-state index < -0.39 is 0 Å². The highest BCUT2D eigenvalue weighted by Crippen LogP contribution is 2.39. The average molecular weight is 220 g/mol. The van der Waals surface area contributed by atoms with Crippen LogP contribution in [0.1, 0.15) is 32.6 Å². The van der Waals surface area contributed by atoms with Crippen molar-refractivity contribution in [1.82, 2.24) is 0 Å². The van der Waals surface area contributed by atoms with Crippen LogP contribution in [0, 0.1) is 0 Å². The molecule has 1 aromatic rings. The van der Waals surface area contributed by atoms with Gasteiger partial charge in [0.1, 0.15) is 5.75 Å². The number of nitrogens with one attached hydrogen (secondary N) is 1. The van der Waals surface area contributed by atoms with Crippen LogP contribution < -0.4 is 15.8 Å². The normalized spacial score (nSPS) is 17.6. The number of nitrogen functional groups attached to an aromatic ring is 1. The van der Waals surface area contributed by atoms with E-state index in [0.717, 1.165) is 23.5 Å². The second-order valence-corrected chi connectivity index (χ2v) is 4.57. The van der Waals surface area contributed by atoms with E-state index in [4.69, 9.17) is 10.5 Å². The lowest BCUT2D eigenvalue weighted by atomic mass is 9.74. The van der Waals surface area contributed by atoms with Crippen molar-refractivity contribution < 1.29 is 4.74 Å². The molecule has 3 nitrogen and oxygen atoms in total. The first-order valence-electron chi connectivity index (χ1n) is 5.91. The van der Waals surface area contributed by atoms with Gasteiger partial charge in [-0.2, -0.15) is 0 Å². The Balaban J connectivity index is 2.19. The maximum atomic E-state index is 5.97. The molecule has 16 heavy (non-hydrogen) atoms. The van der Waals surface area contributed by atoms with E-state index in [0.29, 0.717) is 0 Å². The van der Waals surface area contributed by atoms with Gasteiger partial charge in [-0.25, -0.2) is 0 Å². The molecule has 1 aromatic carbocycles. The predicted molar refractivity (Wildman–Crippen MR) is 67.9 cm³/mol. The smallest absolute Gasteiger partial charge is 0.121 e. The molecular weight excluding hydrogens is 200 g/mol. The van der Waals surface area contributed by atoms with E-state index in [2.05, 4.69) is 12.2 Å². The molecule has 0 unspecified atom stereocenters. The first-order valence-corrected chi connectivity index (χ1v) is 5.91. The number of hydrogen-bond donors (Lipinski definition) is 2. The molecule has 0 saturated heterocycles. The van der Waals surface area contributed by atoms with E-state index in [1.54, 1.807) is 7.11 Å². The second-order valence-electron chi connectivity index (χ2n) is 4.57. The Morgan fingerprint density at radius 2 is 2.19 bits per heavy atom. The molecular formula is C13H20N2O. The van der Waals surface area contributed by atoms with Gasteiger partial charge in [0.2, 0.25) is 0 Å². The van der Waals surface area contributed by atoms with Gasteiger partial charge in [-0.3, -0.25) is 0 Å². The Morgan fingerprint density at radius 3 is 2.69 bits per heavy atom. The van der Waals surface area contributed by atoms with Crippen LogP contribution in [-0.4, -0.2) is 12.6 Å². The Morgan fingerprint density at radius 1 is 1.44 bits per heavy atom. The third-order valence-electron chi connectivity index (χ3n) is 3.65. The van der Waals surface area contributed by atoms with E-state index >= 15 is 0 Å².